The molecular weight excluding hydrogens is 280 g/mol. The molecule has 21 heavy (non-hydrogen) atoms. The van der Waals surface area contributed by atoms with E-state index < -0.39 is 23.9 Å². The zero-order valence-corrected chi connectivity index (χ0v) is 12.3. The Morgan fingerprint density at radius 1 is 1.52 bits per heavy atom. The molecule has 0 radical (unpaired) electrons. The van der Waals surface area contributed by atoms with Gasteiger partial charge in [-0.25, -0.2) is 0 Å². The number of carbonyl (C=O) groups is 3. The number of methoxy groups -OCH3 is 1. The second-order valence-electron chi connectivity index (χ2n) is 5.52. The maximum atomic E-state index is 12.0. The average Bonchev–Trinajstić information content (AvgIpc) is 2.73. The number of carboxylic acids is 1. The zero-order chi connectivity index (χ0) is 16.0. The first-order valence-electron chi connectivity index (χ1n) is 6.74. The number of likely N-dealkylation sites (tertiary alicyclic amines) is 1. The molecule has 0 aliphatic carbocycles. The molecule has 1 heterocycles. The van der Waals surface area contributed by atoms with Crippen LogP contribution in [-0.2, 0) is 19.1 Å². The van der Waals surface area contributed by atoms with Crippen LogP contribution in [0.1, 0.15) is 19.8 Å². The molecule has 0 spiro atoms. The molecule has 0 aromatic rings. The summed E-state index contributed by atoms with van der Waals surface area (Å²) in [6, 6.07) is 0. The van der Waals surface area contributed by atoms with Crippen LogP contribution < -0.4 is 5.32 Å². The number of rotatable bonds is 8. The number of hydrogen-bond acceptors (Lipinski definition) is 5. The molecule has 3 N–H and O–H groups in total. The predicted octanol–water partition coefficient (Wildman–Crippen LogP) is -1.18. The molecule has 8 heteroatoms. The van der Waals surface area contributed by atoms with Crippen LogP contribution in [0, 0.1) is 5.92 Å². The molecular formula is C13H22N2O6. The van der Waals surface area contributed by atoms with Crippen LogP contribution in [0.25, 0.3) is 0 Å². The fourth-order valence-electron chi connectivity index (χ4n) is 2.18. The van der Waals surface area contributed by atoms with E-state index in [-0.39, 0.29) is 24.8 Å². The van der Waals surface area contributed by atoms with Crippen LogP contribution in [-0.4, -0.2) is 71.8 Å². The quantitative estimate of drug-likeness (QED) is 0.520. The highest BCUT2D eigenvalue weighted by atomic mass is 16.5. The molecule has 2 unspecified atom stereocenters. The van der Waals surface area contributed by atoms with Gasteiger partial charge in [-0.3, -0.25) is 14.4 Å². The van der Waals surface area contributed by atoms with Crippen LogP contribution in [0.5, 0.6) is 0 Å². The summed E-state index contributed by atoms with van der Waals surface area (Å²) in [4.78, 5) is 35.8. The minimum Gasteiger partial charge on any atom is -0.481 e. The van der Waals surface area contributed by atoms with Crippen LogP contribution >= 0.6 is 0 Å². The molecule has 8 nitrogen and oxygen atoms in total. The van der Waals surface area contributed by atoms with Crippen molar-refractivity contribution in [2.24, 2.45) is 5.92 Å². The fourth-order valence-corrected chi connectivity index (χ4v) is 2.18. The zero-order valence-electron chi connectivity index (χ0n) is 12.3. The Morgan fingerprint density at radius 2 is 2.19 bits per heavy atom. The van der Waals surface area contributed by atoms with Crippen molar-refractivity contribution in [2.45, 2.75) is 25.4 Å². The van der Waals surface area contributed by atoms with E-state index in [1.54, 1.807) is 4.90 Å². The van der Waals surface area contributed by atoms with Crippen LogP contribution in [0.4, 0.5) is 0 Å². The molecule has 1 fully saturated rings. The van der Waals surface area contributed by atoms with Gasteiger partial charge in [-0.1, -0.05) is 0 Å². The number of nitrogens with zero attached hydrogens (tertiary/aromatic N) is 1. The van der Waals surface area contributed by atoms with E-state index in [1.807, 2.05) is 0 Å². The predicted molar refractivity (Wildman–Crippen MR) is 72.4 cm³/mol. The van der Waals surface area contributed by atoms with E-state index >= 15 is 0 Å². The lowest BCUT2D eigenvalue weighted by atomic mass is 10.0. The Balaban J connectivity index is 2.43. The molecule has 2 amide bonds. The monoisotopic (exact) mass is 302 g/mol. The number of carboxylic acid groups (broad SMARTS) is 1. The van der Waals surface area contributed by atoms with Crippen LogP contribution in [0.2, 0.25) is 0 Å². The Hall–Kier alpha value is -1.67. The first kappa shape index (κ1) is 17.4. The molecule has 0 aromatic carbocycles. The van der Waals surface area contributed by atoms with Crippen molar-refractivity contribution in [2.75, 3.05) is 33.4 Å². The summed E-state index contributed by atoms with van der Waals surface area (Å²) in [6.45, 7) is 2.34. The second-order valence-corrected chi connectivity index (χ2v) is 5.52. The number of aliphatic hydroxyl groups is 1. The van der Waals surface area contributed by atoms with Gasteiger partial charge in [0.15, 0.2) is 0 Å². The maximum absolute atomic E-state index is 12.0. The molecule has 2 atom stereocenters. The van der Waals surface area contributed by atoms with Crippen LogP contribution in [0.15, 0.2) is 0 Å². The van der Waals surface area contributed by atoms with Crippen molar-refractivity contribution in [1.29, 1.82) is 0 Å². The lowest BCUT2D eigenvalue weighted by Crippen LogP contribution is -2.44. The third kappa shape index (κ3) is 5.68. The van der Waals surface area contributed by atoms with E-state index in [1.165, 1.54) is 14.0 Å². The maximum Gasteiger partial charge on any atom is 0.306 e. The van der Waals surface area contributed by atoms with E-state index in [2.05, 4.69) is 5.32 Å². The third-order valence-corrected chi connectivity index (χ3v) is 3.33. The van der Waals surface area contributed by atoms with Gasteiger partial charge in [-0.2, -0.15) is 0 Å². The van der Waals surface area contributed by atoms with Gasteiger partial charge in [-0.05, 0) is 6.92 Å². The van der Waals surface area contributed by atoms with Crippen molar-refractivity contribution in [3.05, 3.63) is 0 Å². The summed E-state index contributed by atoms with van der Waals surface area (Å²) < 4.78 is 4.89. The van der Waals surface area contributed by atoms with Gasteiger partial charge in [0.2, 0.25) is 11.8 Å². The number of ether oxygens (including phenoxy) is 1. The molecule has 0 aromatic heterocycles. The number of amides is 2. The molecule has 0 bridgehead atoms. The largest absolute Gasteiger partial charge is 0.481 e. The summed E-state index contributed by atoms with van der Waals surface area (Å²) in [5, 5.41) is 21.0. The van der Waals surface area contributed by atoms with E-state index in [0.29, 0.717) is 19.7 Å². The number of nitrogens with one attached hydrogen (secondary N) is 1. The molecule has 0 saturated carbocycles. The van der Waals surface area contributed by atoms with Crippen LogP contribution in [0.3, 0.4) is 0 Å². The average molecular weight is 302 g/mol. The minimum absolute atomic E-state index is 0.107. The lowest BCUT2D eigenvalue weighted by molar-refractivity contribution is -0.142. The summed E-state index contributed by atoms with van der Waals surface area (Å²) in [5.41, 5.74) is -1.51. The Bertz CT molecular complexity index is 409. The molecule has 1 aliphatic heterocycles. The van der Waals surface area contributed by atoms with Gasteiger partial charge in [0.25, 0.3) is 0 Å². The SMILES string of the molecule is COCCN1CC(C(=O)NCC(C)(O)CC(=O)O)CC1=O. The van der Waals surface area contributed by atoms with Crippen molar-refractivity contribution in [3.63, 3.8) is 0 Å². The van der Waals surface area contributed by atoms with Gasteiger partial charge in [0.05, 0.1) is 24.5 Å². The summed E-state index contributed by atoms with van der Waals surface area (Å²) >= 11 is 0. The third-order valence-electron chi connectivity index (χ3n) is 3.33. The summed E-state index contributed by atoms with van der Waals surface area (Å²) in [7, 11) is 1.54. The van der Waals surface area contributed by atoms with Gasteiger partial charge in [0.1, 0.15) is 0 Å². The smallest absolute Gasteiger partial charge is 0.306 e. The normalized spacial score (nSPS) is 21.2. The Kier molecular flexibility index (Phi) is 6.10. The standard InChI is InChI=1S/C13H22N2O6/c1-13(20,6-11(17)18)8-14-12(19)9-5-10(16)15(7-9)3-4-21-2/h9,20H,3-8H2,1-2H3,(H,14,19)(H,17,18). The fraction of sp³-hybridized carbons (Fsp3) is 0.769. The lowest BCUT2D eigenvalue weighted by Gasteiger charge is -2.22. The summed E-state index contributed by atoms with van der Waals surface area (Å²) in [6.07, 6.45) is -0.340. The molecule has 1 rings (SSSR count). The first-order chi connectivity index (χ1) is 9.75. The Labute approximate surface area is 123 Å². The van der Waals surface area contributed by atoms with Gasteiger partial charge < -0.3 is 25.2 Å². The van der Waals surface area contributed by atoms with E-state index in [0.717, 1.165) is 0 Å². The van der Waals surface area contributed by atoms with Crippen molar-refractivity contribution in [1.82, 2.24) is 10.2 Å². The van der Waals surface area contributed by atoms with Crippen molar-refractivity contribution in [3.8, 4) is 0 Å². The van der Waals surface area contributed by atoms with Crippen molar-refractivity contribution >= 4 is 17.8 Å². The molecule has 120 valence electrons. The topological polar surface area (TPSA) is 116 Å². The highest BCUT2D eigenvalue weighted by Crippen LogP contribution is 2.18. The number of hydrogen-bond donors (Lipinski definition) is 3. The number of carbonyl (C=O) groups excluding carboxylic acids is 2. The minimum atomic E-state index is -1.51. The number of aliphatic carboxylic acids is 1. The van der Waals surface area contributed by atoms with Gasteiger partial charge in [-0.15, -0.1) is 0 Å². The molecule has 1 saturated heterocycles. The molecule has 1 aliphatic rings. The Morgan fingerprint density at radius 3 is 2.76 bits per heavy atom. The summed E-state index contributed by atoms with van der Waals surface area (Å²) in [5.74, 6) is -2.08. The van der Waals surface area contributed by atoms with Crippen molar-refractivity contribution < 1.29 is 29.3 Å². The van der Waals surface area contributed by atoms with Gasteiger partial charge >= 0.3 is 5.97 Å². The van der Waals surface area contributed by atoms with E-state index in [4.69, 9.17) is 9.84 Å². The van der Waals surface area contributed by atoms with E-state index in [9.17, 15) is 19.5 Å². The second kappa shape index (κ2) is 7.37. The first-order valence-corrected chi connectivity index (χ1v) is 6.74. The highest BCUT2D eigenvalue weighted by molar-refractivity contribution is 5.89. The van der Waals surface area contributed by atoms with Gasteiger partial charge in [0, 0.05) is 33.2 Å². The highest BCUT2D eigenvalue weighted by Gasteiger charge is 2.35.